The molecule has 0 aliphatic rings. The van der Waals surface area contributed by atoms with Crippen molar-refractivity contribution < 1.29 is 26.2 Å². The van der Waals surface area contributed by atoms with Gasteiger partial charge in [0.15, 0.2) is 0 Å². The second kappa shape index (κ2) is 11.1. The Morgan fingerprint density at radius 1 is 0.815 bits per heavy atom. The molecule has 0 fully saturated rings. The van der Waals surface area contributed by atoms with Crippen LogP contribution in [0, 0.1) is 6.07 Å². The van der Waals surface area contributed by atoms with Gasteiger partial charge in [-0.25, -0.2) is 0 Å². The molecular formula is C22H20N3OPt-. The van der Waals surface area contributed by atoms with Crippen molar-refractivity contribution in [1.29, 1.82) is 0 Å². The molecule has 0 saturated heterocycles. The van der Waals surface area contributed by atoms with E-state index in [9.17, 15) is 0 Å². The number of aromatic hydroxyl groups is 1. The fourth-order valence-electron chi connectivity index (χ4n) is 2.46. The third-order valence-corrected chi connectivity index (χ3v) is 3.66. The van der Waals surface area contributed by atoms with E-state index in [4.69, 9.17) is 5.11 Å². The molecule has 0 amide bonds. The molecule has 2 aromatic heterocycles. The Morgan fingerprint density at radius 3 is 2.22 bits per heavy atom. The summed E-state index contributed by atoms with van der Waals surface area (Å²) in [5.41, 5.74) is 3.36. The molecule has 2 heterocycles. The molecule has 0 saturated carbocycles. The van der Waals surface area contributed by atoms with Gasteiger partial charge in [-0.3, -0.25) is 9.67 Å². The molecule has 0 aliphatic heterocycles. The molecule has 4 aromatic rings. The van der Waals surface area contributed by atoms with Crippen molar-refractivity contribution in [3.05, 3.63) is 114 Å². The summed E-state index contributed by atoms with van der Waals surface area (Å²) in [6.45, 7) is 0.753. The van der Waals surface area contributed by atoms with E-state index in [1.54, 1.807) is 30.5 Å². The summed E-state index contributed by atoms with van der Waals surface area (Å²) in [7, 11) is 0. The number of phenolic OH excluding ortho intramolecular Hbond substituents is 1. The SMILES string of the molecule is Oc1ccccc1.[Pt].[c-]1c(Cc2ccccn2)cccc1Cn1cccn1. The van der Waals surface area contributed by atoms with Gasteiger partial charge in [0, 0.05) is 51.9 Å². The maximum Gasteiger partial charge on any atom is 0.115 e. The fourth-order valence-corrected chi connectivity index (χ4v) is 2.46. The van der Waals surface area contributed by atoms with E-state index in [-0.39, 0.29) is 21.1 Å². The average Bonchev–Trinajstić information content (AvgIpc) is 3.17. The van der Waals surface area contributed by atoms with Gasteiger partial charge >= 0.3 is 0 Å². The van der Waals surface area contributed by atoms with Crippen LogP contribution in [0.5, 0.6) is 5.75 Å². The van der Waals surface area contributed by atoms with E-state index in [1.807, 2.05) is 47.4 Å². The van der Waals surface area contributed by atoms with E-state index in [1.165, 1.54) is 0 Å². The minimum atomic E-state index is 0. The largest absolute Gasteiger partial charge is 0.508 e. The van der Waals surface area contributed by atoms with E-state index in [0.29, 0.717) is 5.75 Å². The van der Waals surface area contributed by atoms with Gasteiger partial charge in [-0.15, -0.1) is 5.56 Å². The van der Waals surface area contributed by atoms with Crippen LogP contribution in [0.25, 0.3) is 0 Å². The normalized spacial score (nSPS) is 9.63. The second-order valence-corrected chi connectivity index (χ2v) is 5.74. The number of phenols is 1. The van der Waals surface area contributed by atoms with Gasteiger partial charge in [-0.05, 0) is 36.8 Å². The number of nitrogens with zero attached hydrogens (tertiary/aromatic N) is 3. The van der Waals surface area contributed by atoms with Crippen LogP contribution in [0.4, 0.5) is 0 Å². The Labute approximate surface area is 173 Å². The van der Waals surface area contributed by atoms with E-state index in [2.05, 4.69) is 34.3 Å². The summed E-state index contributed by atoms with van der Waals surface area (Å²) in [6.07, 6.45) is 6.38. The van der Waals surface area contributed by atoms with Gasteiger partial charge in [0.05, 0.1) is 0 Å². The van der Waals surface area contributed by atoms with E-state index in [0.717, 1.165) is 29.8 Å². The Balaban J connectivity index is 0.000000278. The van der Waals surface area contributed by atoms with Crippen molar-refractivity contribution in [2.75, 3.05) is 0 Å². The third-order valence-electron chi connectivity index (χ3n) is 3.66. The predicted octanol–water partition coefficient (Wildman–Crippen LogP) is 4.11. The van der Waals surface area contributed by atoms with Crippen molar-refractivity contribution in [3.8, 4) is 5.75 Å². The van der Waals surface area contributed by atoms with E-state index < -0.39 is 0 Å². The van der Waals surface area contributed by atoms with Crippen LogP contribution in [0.15, 0.2) is 91.4 Å². The number of pyridine rings is 1. The zero-order chi connectivity index (χ0) is 18.0. The Hall–Kier alpha value is -2.71. The zero-order valence-electron chi connectivity index (χ0n) is 14.7. The first kappa shape index (κ1) is 20.6. The number of hydrogen-bond donors (Lipinski definition) is 1. The summed E-state index contributed by atoms with van der Waals surface area (Å²) in [5, 5.41) is 12.8. The van der Waals surface area contributed by atoms with Crippen LogP contribution in [0.2, 0.25) is 0 Å². The third kappa shape index (κ3) is 7.20. The molecule has 0 unspecified atom stereocenters. The summed E-state index contributed by atoms with van der Waals surface area (Å²) in [5.74, 6) is 0.322. The minimum Gasteiger partial charge on any atom is -0.508 e. The standard InChI is InChI=1S/C16H14N3.C6H6O.Pt/c1-2-8-17-16(7-1)12-14-5-3-6-15(11-14)13-19-10-4-9-18-19;7-6-4-2-1-3-5-6;/h1-10H,12-13H2;1-5,7H;/q-1;;. The molecule has 0 atom stereocenters. The van der Waals surface area contributed by atoms with Crippen LogP contribution in [-0.4, -0.2) is 19.9 Å². The first-order valence-corrected chi connectivity index (χ1v) is 8.41. The molecule has 0 aliphatic carbocycles. The number of benzene rings is 2. The quantitative estimate of drug-likeness (QED) is 0.399. The van der Waals surface area contributed by atoms with Crippen molar-refractivity contribution >= 4 is 0 Å². The Bertz CT molecular complexity index is 897. The molecule has 4 nitrogen and oxygen atoms in total. The molecular weight excluding hydrogens is 517 g/mol. The van der Waals surface area contributed by atoms with Gasteiger partial charge in [0.2, 0.25) is 0 Å². The molecule has 5 heteroatoms. The number of rotatable bonds is 4. The summed E-state index contributed by atoms with van der Waals surface area (Å²) in [6, 6.07) is 26.3. The molecule has 140 valence electrons. The van der Waals surface area contributed by atoms with Gasteiger partial charge in [-0.1, -0.05) is 24.3 Å². The zero-order valence-corrected chi connectivity index (χ0v) is 17.0. The monoisotopic (exact) mass is 537 g/mol. The number of para-hydroxylation sites is 1. The van der Waals surface area contributed by atoms with Crippen LogP contribution in [0.1, 0.15) is 16.8 Å². The van der Waals surface area contributed by atoms with Crippen molar-refractivity contribution in [2.45, 2.75) is 13.0 Å². The molecule has 27 heavy (non-hydrogen) atoms. The van der Waals surface area contributed by atoms with Crippen LogP contribution in [-0.2, 0) is 34.0 Å². The smallest absolute Gasteiger partial charge is 0.115 e. The van der Waals surface area contributed by atoms with Gasteiger partial charge in [0.25, 0.3) is 0 Å². The van der Waals surface area contributed by atoms with Crippen molar-refractivity contribution in [1.82, 2.24) is 14.8 Å². The van der Waals surface area contributed by atoms with Crippen LogP contribution >= 0.6 is 0 Å². The summed E-state index contributed by atoms with van der Waals surface area (Å²) in [4.78, 5) is 4.34. The van der Waals surface area contributed by atoms with Gasteiger partial charge in [0.1, 0.15) is 5.75 Å². The van der Waals surface area contributed by atoms with Crippen molar-refractivity contribution in [3.63, 3.8) is 0 Å². The van der Waals surface area contributed by atoms with Crippen LogP contribution in [0.3, 0.4) is 0 Å². The molecule has 4 rings (SSSR count). The molecule has 1 N–H and O–H groups in total. The van der Waals surface area contributed by atoms with Crippen LogP contribution < -0.4 is 0 Å². The molecule has 0 spiro atoms. The average molecular weight is 538 g/mol. The van der Waals surface area contributed by atoms with Crippen molar-refractivity contribution in [2.24, 2.45) is 0 Å². The van der Waals surface area contributed by atoms with Gasteiger partial charge in [-0.2, -0.15) is 34.9 Å². The Morgan fingerprint density at radius 2 is 1.59 bits per heavy atom. The summed E-state index contributed by atoms with van der Waals surface area (Å²) >= 11 is 0. The second-order valence-electron chi connectivity index (χ2n) is 5.74. The first-order chi connectivity index (χ1) is 12.8. The maximum atomic E-state index is 8.63. The minimum absolute atomic E-state index is 0. The Kier molecular flexibility index (Phi) is 8.47. The van der Waals surface area contributed by atoms with E-state index >= 15 is 0 Å². The topological polar surface area (TPSA) is 50.9 Å². The number of hydrogen-bond acceptors (Lipinski definition) is 3. The summed E-state index contributed by atoms with van der Waals surface area (Å²) < 4.78 is 1.90. The maximum absolute atomic E-state index is 8.63. The fraction of sp³-hybridized carbons (Fsp3) is 0.0909. The van der Waals surface area contributed by atoms with Gasteiger partial charge < -0.3 is 5.11 Å². The number of aromatic nitrogens is 3. The first-order valence-electron chi connectivity index (χ1n) is 8.41. The molecule has 2 aromatic carbocycles. The molecule has 0 bridgehead atoms. The predicted molar refractivity (Wildman–Crippen MR) is 102 cm³/mol. The molecule has 0 radical (unpaired) electrons.